The van der Waals surface area contributed by atoms with Gasteiger partial charge in [0.1, 0.15) is 0 Å². The van der Waals surface area contributed by atoms with E-state index >= 15 is 0 Å². The molecule has 2 aromatic rings. The monoisotopic (exact) mass is 350 g/mol. The lowest BCUT2D eigenvalue weighted by atomic mass is 10.1. The number of benzene rings is 2. The van der Waals surface area contributed by atoms with Crippen molar-refractivity contribution in [1.82, 2.24) is 0 Å². The second kappa shape index (κ2) is 6.37. The van der Waals surface area contributed by atoms with Crippen LogP contribution in [0.4, 0.5) is 0 Å². The molecule has 0 radical (unpaired) electrons. The highest BCUT2D eigenvalue weighted by molar-refractivity contribution is 9.10. The van der Waals surface area contributed by atoms with Crippen molar-refractivity contribution >= 4 is 31.3 Å². The topological polar surface area (TPSA) is 34.1 Å². The van der Waals surface area contributed by atoms with Crippen LogP contribution in [0.25, 0.3) is 5.57 Å². The minimum Gasteiger partial charge on any atom is -0.224 e. The fourth-order valence-corrected chi connectivity index (χ4v) is 3.58. The van der Waals surface area contributed by atoms with Crippen molar-refractivity contribution in [3.8, 4) is 0 Å². The molecule has 0 saturated heterocycles. The number of halogens is 1. The summed E-state index contributed by atoms with van der Waals surface area (Å²) in [6.45, 7) is 1.81. The first-order valence-corrected chi connectivity index (χ1v) is 8.68. The predicted molar refractivity (Wildman–Crippen MR) is 86.9 cm³/mol. The maximum Gasteiger partial charge on any atom is 0.176 e. The Bertz CT molecular complexity index is 702. The van der Waals surface area contributed by atoms with Crippen molar-refractivity contribution in [3.05, 3.63) is 75.6 Å². The first kappa shape index (κ1) is 15.0. The van der Waals surface area contributed by atoms with E-state index in [4.69, 9.17) is 0 Å². The summed E-state index contributed by atoms with van der Waals surface area (Å²) in [5.41, 5.74) is 2.45. The number of hydrogen-bond donors (Lipinski definition) is 0. The summed E-state index contributed by atoms with van der Waals surface area (Å²) < 4.78 is 25.3. The molecular weight excluding hydrogens is 336 g/mol. The van der Waals surface area contributed by atoms with Crippen LogP contribution in [0.5, 0.6) is 0 Å². The van der Waals surface area contributed by atoms with Gasteiger partial charge in [-0.15, -0.1) is 0 Å². The standard InChI is InChI=1S/C16H15BrO2S/c1-13(15-7-9-16(17)10-8-15)11-20(18,19)12-14-5-3-2-4-6-14/h2-11H,12H2,1H3/b13-11+. The summed E-state index contributed by atoms with van der Waals surface area (Å²) in [6, 6.07) is 16.8. The largest absolute Gasteiger partial charge is 0.224 e. The second-order valence-electron chi connectivity index (χ2n) is 4.60. The SMILES string of the molecule is C/C(=C\S(=O)(=O)Cc1ccccc1)c1ccc(Br)cc1. The number of sulfone groups is 1. The van der Waals surface area contributed by atoms with Crippen LogP contribution in [-0.2, 0) is 15.6 Å². The predicted octanol–water partition coefficient (Wildman–Crippen LogP) is 4.42. The van der Waals surface area contributed by atoms with Crippen LogP contribution in [0.1, 0.15) is 18.1 Å². The van der Waals surface area contributed by atoms with Crippen LogP contribution in [0.3, 0.4) is 0 Å². The molecule has 0 bridgehead atoms. The molecule has 0 aliphatic heterocycles. The highest BCUT2D eigenvalue weighted by Gasteiger charge is 2.09. The summed E-state index contributed by atoms with van der Waals surface area (Å²) in [7, 11) is -3.27. The minimum atomic E-state index is -3.27. The van der Waals surface area contributed by atoms with Gasteiger partial charge in [0.25, 0.3) is 0 Å². The summed E-state index contributed by atoms with van der Waals surface area (Å²) in [4.78, 5) is 0. The lowest BCUT2D eigenvalue weighted by molar-refractivity contribution is 0.604. The molecule has 0 fully saturated rings. The molecule has 0 spiro atoms. The van der Waals surface area contributed by atoms with E-state index in [0.29, 0.717) is 0 Å². The maximum atomic E-state index is 12.2. The van der Waals surface area contributed by atoms with E-state index in [-0.39, 0.29) is 5.75 Å². The van der Waals surface area contributed by atoms with Crippen LogP contribution in [0, 0.1) is 0 Å². The van der Waals surface area contributed by atoms with Crippen molar-refractivity contribution in [3.63, 3.8) is 0 Å². The summed E-state index contributed by atoms with van der Waals surface area (Å²) >= 11 is 3.36. The molecule has 4 heteroatoms. The van der Waals surface area contributed by atoms with Gasteiger partial charge in [-0.3, -0.25) is 0 Å². The molecule has 0 saturated carbocycles. The van der Waals surface area contributed by atoms with Gasteiger partial charge in [-0.2, -0.15) is 0 Å². The molecule has 0 unspecified atom stereocenters. The third-order valence-electron chi connectivity index (χ3n) is 2.87. The molecule has 0 aliphatic rings. The average molecular weight is 351 g/mol. The van der Waals surface area contributed by atoms with Crippen molar-refractivity contribution < 1.29 is 8.42 Å². The van der Waals surface area contributed by atoms with E-state index < -0.39 is 9.84 Å². The normalized spacial score (nSPS) is 12.4. The first-order valence-electron chi connectivity index (χ1n) is 6.17. The summed E-state index contributed by atoms with van der Waals surface area (Å²) in [5.74, 6) is 0.0295. The van der Waals surface area contributed by atoms with Crippen LogP contribution in [-0.4, -0.2) is 8.42 Å². The Morgan fingerprint density at radius 1 is 1.05 bits per heavy atom. The Kier molecular flexibility index (Phi) is 4.78. The van der Waals surface area contributed by atoms with Gasteiger partial charge in [-0.05, 0) is 35.8 Å². The molecule has 2 nitrogen and oxygen atoms in total. The lowest BCUT2D eigenvalue weighted by Crippen LogP contribution is -2.00. The van der Waals surface area contributed by atoms with Crippen molar-refractivity contribution in [2.24, 2.45) is 0 Å². The van der Waals surface area contributed by atoms with E-state index in [0.717, 1.165) is 21.2 Å². The van der Waals surface area contributed by atoms with E-state index in [1.807, 2.05) is 61.5 Å². The van der Waals surface area contributed by atoms with Crippen molar-refractivity contribution in [1.29, 1.82) is 0 Å². The molecule has 0 amide bonds. The highest BCUT2D eigenvalue weighted by Crippen LogP contribution is 2.19. The van der Waals surface area contributed by atoms with Gasteiger partial charge < -0.3 is 0 Å². The average Bonchev–Trinajstić information content (AvgIpc) is 2.39. The smallest absolute Gasteiger partial charge is 0.176 e. The van der Waals surface area contributed by atoms with Crippen LogP contribution in [0.2, 0.25) is 0 Å². The molecule has 0 aliphatic carbocycles. The third kappa shape index (κ3) is 4.32. The first-order chi connectivity index (χ1) is 9.46. The second-order valence-corrected chi connectivity index (χ2v) is 7.37. The highest BCUT2D eigenvalue weighted by atomic mass is 79.9. The van der Waals surface area contributed by atoms with Gasteiger partial charge in [0.15, 0.2) is 9.84 Å². The van der Waals surface area contributed by atoms with E-state index in [1.54, 1.807) is 0 Å². The van der Waals surface area contributed by atoms with Crippen molar-refractivity contribution in [2.45, 2.75) is 12.7 Å². The van der Waals surface area contributed by atoms with Gasteiger partial charge in [0.05, 0.1) is 5.75 Å². The number of rotatable bonds is 4. The van der Waals surface area contributed by atoms with E-state index in [2.05, 4.69) is 15.9 Å². The van der Waals surface area contributed by atoms with Gasteiger partial charge in [-0.1, -0.05) is 58.4 Å². The zero-order valence-corrected chi connectivity index (χ0v) is 13.5. The fraction of sp³-hybridized carbons (Fsp3) is 0.125. The van der Waals surface area contributed by atoms with E-state index in [9.17, 15) is 8.42 Å². The molecule has 20 heavy (non-hydrogen) atoms. The Hall–Kier alpha value is -1.39. The summed E-state index contributed by atoms with van der Waals surface area (Å²) in [6.07, 6.45) is 0. The van der Waals surface area contributed by atoms with Crippen LogP contribution >= 0.6 is 15.9 Å². The molecule has 0 N–H and O–H groups in total. The molecule has 0 heterocycles. The quantitative estimate of drug-likeness (QED) is 0.817. The van der Waals surface area contributed by atoms with Gasteiger partial charge in [-0.25, -0.2) is 8.42 Å². The zero-order chi connectivity index (χ0) is 14.6. The summed E-state index contributed by atoms with van der Waals surface area (Å²) in [5, 5.41) is 1.35. The molecule has 0 aromatic heterocycles. The van der Waals surface area contributed by atoms with E-state index in [1.165, 1.54) is 5.41 Å². The zero-order valence-electron chi connectivity index (χ0n) is 11.1. The Balaban J connectivity index is 2.22. The molecular formula is C16H15BrO2S. The Labute approximate surface area is 128 Å². The van der Waals surface area contributed by atoms with Gasteiger partial charge in [0, 0.05) is 9.88 Å². The lowest BCUT2D eigenvalue weighted by Gasteiger charge is -2.04. The maximum absolute atomic E-state index is 12.2. The molecule has 0 atom stereocenters. The van der Waals surface area contributed by atoms with Crippen molar-refractivity contribution in [2.75, 3.05) is 0 Å². The molecule has 104 valence electrons. The Morgan fingerprint density at radius 2 is 1.65 bits per heavy atom. The van der Waals surface area contributed by atoms with Crippen LogP contribution < -0.4 is 0 Å². The minimum absolute atomic E-state index is 0.0295. The Morgan fingerprint density at radius 3 is 2.25 bits per heavy atom. The van der Waals surface area contributed by atoms with Gasteiger partial charge >= 0.3 is 0 Å². The molecule has 2 aromatic carbocycles. The third-order valence-corrected chi connectivity index (χ3v) is 4.84. The van der Waals surface area contributed by atoms with Crippen LogP contribution in [0.15, 0.2) is 64.5 Å². The number of allylic oxidation sites excluding steroid dienone is 1. The fourth-order valence-electron chi connectivity index (χ4n) is 1.90. The van der Waals surface area contributed by atoms with Gasteiger partial charge in [0.2, 0.25) is 0 Å². The molecule has 2 rings (SSSR count). The number of hydrogen-bond acceptors (Lipinski definition) is 2.